The molecule has 7 heteroatoms. The smallest absolute Gasteiger partial charge is 0.337 e. The summed E-state index contributed by atoms with van der Waals surface area (Å²) < 4.78 is 39.0. The van der Waals surface area contributed by atoms with Crippen molar-refractivity contribution in [2.24, 2.45) is 0 Å². The Morgan fingerprint density at radius 3 is 2.71 bits per heavy atom. The third-order valence-corrected chi connectivity index (χ3v) is 3.19. The van der Waals surface area contributed by atoms with Gasteiger partial charge in [0.2, 0.25) is 0 Å². The Labute approximate surface area is 96.4 Å². The van der Waals surface area contributed by atoms with Crippen LogP contribution in [-0.4, -0.2) is 26.5 Å². The van der Waals surface area contributed by atoms with E-state index in [1.165, 1.54) is 25.3 Å². The van der Waals surface area contributed by atoms with E-state index in [2.05, 4.69) is 9.72 Å². The summed E-state index contributed by atoms with van der Waals surface area (Å²) in [6, 6.07) is 4.12. The molecule has 0 radical (unpaired) electrons. The molecule has 0 amide bonds. The number of nitrogens with one attached hydrogen (secondary N) is 1. The number of halogens is 1. The van der Waals surface area contributed by atoms with Crippen LogP contribution < -0.4 is 0 Å². The molecule has 0 saturated carbocycles. The maximum absolute atomic E-state index is 12.9. The fourth-order valence-electron chi connectivity index (χ4n) is 1.55. The molecule has 0 unspecified atom stereocenters. The van der Waals surface area contributed by atoms with E-state index in [9.17, 15) is 17.1 Å². The second kappa shape index (κ2) is 3.85. The molecule has 90 valence electrons. The van der Waals surface area contributed by atoms with Crippen LogP contribution in [-0.2, 0) is 15.0 Å². The van der Waals surface area contributed by atoms with Crippen LogP contribution in [0.2, 0.25) is 0 Å². The van der Waals surface area contributed by atoms with Gasteiger partial charge in [-0.3, -0.25) is 0 Å². The third-order valence-electron chi connectivity index (χ3n) is 2.33. The first-order chi connectivity index (χ1) is 7.93. The molecular weight excluding hydrogens is 249 g/mol. The second-order valence-corrected chi connectivity index (χ2v) is 4.66. The lowest BCUT2D eigenvalue weighted by atomic mass is 10.2. The largest absolute Gasteiger partial charge is 0.465 e. The van der Waals surface area contributed by atoms with Crippen molar-refractivity contribution in [3.63, 3.8) is 0 Å². The molecule has 0 aliphatic rings. The molecule has 0 aliphatic heterocycles. The SMILES string of the molecule is COC(=O)c1ccc2c(S(=O)(=O)F)c[nH]c2c1. The van der Waals surface area contributed by atoms with Gasteiger partial charge in [0.05, 0.1) is 12.7 Å². The van der Waals surface area contributed by atoms with Gasteiger partial charge >= 0.3 is 16.2 Å². The van der Waals surface area contributed by atoms with Crippen LogP contribution in [0.15, 0.2) is 29.3 Å². The minimum atomic E-state index is -4.77. The number of hydrogen-bond donors (Lipinski definition) is 1. The summed E-state index contributed by atoms with van der Waals surface area (Å²) in [5.74, 6) is -0.550. The number of methoxy groups -OCH3 is 1. The minimum Gasteiger partial charge on any atom is -0.465 e. The van der Waals surface area contributed by atoms with E-state index in [1.54, 1.807) is 0 Å². The van der Waals surface area contributed by atoms with Gasteiger partial charge in [-0.25, -0.2) is 4.79 Å². The summed E-state index contributed by atoms with van der Waals surface area (Å²) in [4.78, 5) is 13.4. The first kappa shape index (κ1) is 11.6. The first-order valence-corrected chi connectivity index (χ1v) is 5.96. The Balaban J connectivity index is 2.64. The molecule has 2 aromatic rings. The number of ether oxygens (including phenoxy) is 1. The van der Waals surface area contributed by atoms with Crippen molar-refractivity contribution in [3.8, 4) is 0 Å². The van der Waals surface area contributed by atoms with Crippen molar-refractivity contribution in [2.75, 3.05) is 7.11 Å². The Morgan fingerprint density at radius 2 is 2.12 bits per heavy atom. The topological polar surface area (TPSA) is 76.2 Å². The van der Waals surface area contributed by atoms with Crippen molar-refractivity contribution in [1.29, 1.82) is 0 Å². The van der Waals surface area contributed by atoms with Crippen molar-refractivity contribution in [1.82, 2.24) is 4.98 Å². The molecule has 0 saturated heterocycles. The predicted molar refractivity (Wildman–Crippen MR) is 57.9 cm³/mol. The minimum absolute atomic E-state index is 0.195. The van der Waals surface area contributed by atoms with Crippen LogP contribution in [0.25, 0.3) is 10.9 Å². The number of aromatic amines is 1. The predicted octanol–water partition coefficient (Wildman–Crippen LogP) is 1.61. The zero-order valence-corrected chi connectivity index (χ0v) is 9.55. The summed E-state index contributed by atoms with van der Waals surface area (Å²) in [5.41, 5.74) is 0.605. The highest BCUT2D eigenvalue weighted by Gasteiger charge is 2.18. The Kier molecular flexibility index (Phi) is 2.62. The van der Waals surface area contributed by atoms with Crippen LogP contribution in [0.5, 0.6) is 0 Å². The normalized spacial score (nSPS) is 11.6. The zero-order chi connectivity index (χ0) is 12.6. The van der Waals surface area contributed by atoms with Gasteiger partial charge in [-0.15, -0.1) is 3.89 Å². The number of carbonyl (C=O) groups excluding carboxylic acids is 1. The number of fused-ring (bicyclic) bond motifs is 1. The zero-order valence-electron chi connectivity index (χ0n) is 8.73. The highest BCUT2D eigenvalue weighted by molar-refractivity contribution is 7.86. The molecule has 2 rings (SSSR count). The number of benzene rings is 1. The van der Waals surface area contributed by atoms with Crippen molar-refractivity contribution in [2.45, 2.75) is 4.90 Å². The molecule has 5 nitrogen and oxygen atoms in total. The van der Waals surface area contributed by atoms with E-state index >= 15 is 0 Å². The summed E-state index contributed by atoms with van der Waals surface area (Å²) in [6.45, 7) is 0. The highest BCUT2D eigenvalue weighted by atomic mass is 32.3. The molecule has 0 aliphatic carbocycles. The van der Waals surface area contributed by atoms with Gasteiger partial charge < -0.3 is 9.72 Å². The maximum atomic E-state index is 12.9. The lowest BCUT2D eigenvalue weighted by Crippen LogP contribution is -2.00. The van der Waals surface area contributed by atoms with Gasteiger partial charge in [-0.05, 0) is 12.1 Å². The average molecular weight is 257 g/mol. The van der Waals surface area contributed by atoms with Crippen molar-refractivity contribution >= 4 is 27.1 Å². The van der Waals surface area contributed by atoms with Gasteiger partial charge in [-0.2, -0.15) is 8.42 Å². The Morgan fingerprint density at radius 1 is 1.41 bits per heavy atom. The van der Waals surface area contributed by atoms with Gasteiger partial charge in [0.25, 0.3) is 0 Å². The number of carbonyl (C=O) groups is 1. The first-order valence-electron chi connectivity index (χ1n) is 4.57. The summed E-state index contributed by atoms with van der Waals surface area (Å²) in [6.07, 6.45) is 1.04. The van der Waals surface area contributed by atoms with Crippen LogP contribution in [0.3, 0.4) is 0 Å². The van der Waals surface area contributed by atoms with Crippen LogP contribution in [0.4, 0.5) is 3.89 Å². The van der Waals surface area contributed by atoms with Crippen LogP contribution >= 0.6 is 0 Å². The van der Waals surface area contributed by atoms with E-state index in [0.717, 1.165) is 6.20 Å². The summed E-state index contributed by atoms with van der Waals surface area (Å²) in [7, 11) is -3.54. The van der Waals surface area contributed by atoms with Crippen molar-refractivity contribution in [3.05, 3.63) is 30.0 Å². The maximum Gasteiger partial charge on any atom is 0.337 e. The number of rotatable bonds is 2. The summed E-state index contributed by atoms with van der Waals surface area (Å²) >= 11 is 0. The highest BCUT2D eigenvalue weighted by Crippen LogP contribution is 2.25. The van der Waals surface area contributed by atoms with E-state index in [4.69, 9.17) is 0 Å². The van der Waals surface area contributed by atoms with Gasteiger partial charge in [0.15, 0.2) is 0 Å². The molecule has 0 spiro atoms. The average Bonchev–Trinajstić information content (AvgIpc) is 2.70. The van der Waals surface area contributed by atoms with Gasteiger partial charge in [-0.1, -0.05) is 6.07 Å². The quantitative estimate of drug-likeness (QED) is 0.655. The molecule has 1 N–H and O–H groups in total. The number of aromatic nitrogens is 1. The number of esters is 1. The fraction of sp³-hybridized carbons (Fsp3) is 0.100. The Bertz CT molecular complexity index is 689. The molecule has 17 heavy (non-hydrogen) atoms. The monoisotopic (exact) mass is 257 g/mol. The molecule has 0 fully saturated rings. The van der Waals surface area contributed by atoms with Gasteiger partial charge in [0, 0.05) is 17.1 Å². The van der Waals surface area contributed by atoms with E-state index in [0.29, 0.717) is 5.52 Å². The van der Waals surface area contributed by atoms with Crippen molar-refractivity contribution < 1.29 is 21.8 Å². The van der Waals surface area contributed by atoms with E-state index < -0.39 is 21.1 Å². The lowest BCUT2D eigenvalue weighted by molar-refractivity contribution is 0.0601. The second-order valence-electron chi connectivity index (χ2n) is 3.34. The van der Waals surface area contributed by atoms with Crippen LogP contribution in [0.1, 0.15) is 10.4 Å². The van der Waals surface area contributed by atoms with Gasteiger partial charge in [0.1, 0.15) is 4.90 Å². The Hall–Kier alpha value is -1.89. The lowest BCUT2D eigenvalue weighted by Gasteiger charge is -1.99. The molecule has 1 aromatic heterocycles. The van der Waals surface area contributed by atoms with Crippen LogP contribution in [0, 0.1) is 0 Å². The molecule has 0 bridgehead atoms. The summed E-state index contributed by atoms with van der Waals surface area (Å²) in [5, 5.41) is 0.195. The third kappa shape index (κ3) is 2.01. The standard InChI is InChI=1S/C10H8FNO4S/c1-16-10(13)6-2-3-7-8(4-6)12-5-9(7)17(11,14)15/h2-5,12H,1H3. The molecule has 1 heterocycles. The number of H-pyrrole nitrogens is 1. The fourth-order valence-corrected chi connectivity index (χ4v) is 2.19. The molecular formula is C10H8FNO4S. The number of hydrogen-bond acceptors (Lipinski definition) is 4. The van der Waals surface area contributed by atoms with E-state index in [1.807, 2.05) is 0 Å². The molecule has 1 aromatic carbocycles. The van der Waals surface area contributed by atoms with E-state index in [-0.39, 0.29) is 10.9 Å². The molecule has 0 atom stereocenters.